The van der Waals surface area contributed by atoms with E-state index in [4.69, 9.17) is 15.0 Å². The molecule has 0 N–H and O–H groups in total. The van der Waals surface area contributed by atoms with Crippen molar-refractivity contribution in [2.45, 2.75) is 38.5 Å². The summed E-state index contributed by atoms with van der Waals surface area (Å²) >= 11 is 0. The summed E-state index contributed by atoms with van der Waals surface area (Å²) in [5, 5.41) is 1.97. The first-order valence-electron chi connectivity index (χ1n) is 11.6. The van der Waals surface area contributed by atoms with E-state index in [1.807, 2.05) is 49.6 Å². The van der Waals surface area contributed by atoms with E-state index in [2.05, 4.69) is 17.0 Å². The molecule has 0 radical (unpaired) electrons. The van der Waals surface area contributed by atoms with Crippen LogP contribution in [0.3, 0.4) is 0 Å². The van der Waals surface area contributed by atoms with Gasteiger partial charge >= 0.3 is 0 Å². The molecule has 2 heterocycles. The smallest absolute Gasteiger partial charge is 0.163 e. The van der Waals surface area contributed by atoms with Crippen LogP contribution in [-0.4, -0.2) is 27.8 Å². The SMILES string of the molecule is CN(c1ccccc1)c1nc2cc(C(=O)CC3CC3)ccc2c2cnc(CC3CC3)nc12. The molecule has 0 atom stereocenters. The van der Waals surface area contributed by atoms with Gasteiger partial charge in [-0.05, 0) is 55.7 Å². The van der Waals surface area contributed by atoms with Gasteiger partial charge in [-0.2, -0.15) is 0 Å². The summed E-state index contributed by atoms with van der Waals surface area (Å²) in [5.41, 5.74) is 3.47. The molecule has 2 aliphatic rings. The lowest BCUT2D eigenvalue weighted by Crippen LogP contribution is -2.13. The third-order valence-electron chi connectivity index (χ3n) is 6.69. The Balaban J connectivity index is 1.51. The van der Waals surface area contributed by atoms with Crippen molar-refractivity contribution in [1.82, 2.24) is 15.0 Å². The number of fused-ring (bicyclic) bond motifs is 3. The van der Waals surface area contributed by atoms with Crippen LogP contribution in [-0.2, 0) is 6.42 Å². The molecular weight excluding hydrogens is 396 g/mol. The molecule has 4 aromatic rings. The van der Waals surface area contributed by atoms with Crippen molar-refractivity contribution in [2.24, 2.45) is 11.8 Å². The average molecular weight is 423 g/mol. The quantitative estimate of drug-likeness (QED) is 0.275. The van der Waals surface area contributed by atoms with Gasteiger partial charge in [0.2, 0.25) is 0 Å². The van der Waals surface area contributed by atoms with Crippen LogP contribution in [0, 0.1) is 11.8 Å². The van der Waals surface area contributed by atoms with Gasteiger partial charge in [0.05, 0.1) is 5.52 Å². The molecule has 0 spiro atoms. The number of rotatable bonds is 7. The fraction of sp³-hybridized carbons (Fsp3) is 0.333. The average Bonchev–Trinajstić information content (AvgIpc) is 3.76. The van der Waals surface area contributed by atoms with E-state index in [1.54, 1.807) is 0 Å². The molecular formula is C27H26N4O. The molecule has 160 valence electrons. The summed E-state index contributed by atoms with van der Waals surface area (Å²) in [6.45, 7) is 0. The molecule has 0 aliphatic heterocycles. The second-order valence-electron chi connectivity index (χ2n) is 9.33. The highest BCUT2D eigenvalue weighted by atomic mass is 16.1. The first-order valence-corrected chi connectivity index (χ1v) is 11.6. The van der Waals surface area contributed by atoms with Crippen LogP contribution < -0.4 is 4.90 Å². The summed E-state index contributed by atoms with van der Waals surface area (Å²) in [6.07, 6.45) is 8.40. The maximum atomic E-state index is 12.7. The molecule has 5 nitrogen and oxygen atoms in total. The highest BCUT2D eigenvalue weighted by Gasteiger charge is 2.26. The molecule has 2 aromatic heterocycles. The van der Waals surface area contributed by atoms with E-state index in [1.165, 1.54) is 25.7 Å². The summed E-state index contributed by atoms with van der Waals surface area (Å²) in [6, 6.07) is 16.1. The minimum atomic E-state index is 0.213. The summed E-state index contributed by atoms with van der Waals surface area (Å²) < 4.78 is 0. The van der Waals surface area contributed by atoms with Crippen LogP contribution >= 0.6 is 0 Å². The first-order chi connectivity index (χ1) is 15.7. The molecule has 32 heavy (non-hydrogen) atoms. The topological polar surface area (TPSA) is 59.0 Å². The Morgan fingerprint density at radius 1 is 0.969 bits per heavy atom. The van der Waals surface area contributed by atoms with Crippen molar-refractivity contribution in [1.29, 1.82) is 0 Å². The number of aromatic nitrogens is 3. The molecule has 2 aliphatic carbocycles. The van der Waals surface area contributed by atoms with Gasteiger partial charge in [-0.1, -0.05) is 30.3 Å². The van der Waals surface area contributed by atoms with E-state index in [-0.39, 0.29) is 5.78 Å². The molecule has 0 bridgehead atoms. The highest BCUT2D eigenvalue weighted by molar-refractivity contribution is 6.10. The number of nitrogens with zero attached hydrogens (tertiary/aromatic N) is 4. The summed E-state index contributed by atoms with van der Waals surface area (Å²) in [5.74, 6) is 3.19. The van der Waals surface area contributed by atoms with Gasteiger partial charge in [-0.3, -0.25) is 4.79 Å². The second kappa shape index (κ2) is 7.66. The van der Waals surface area contributed by atoms with Crippen molar-refractivity contribution < 1.29 is 4.79 Å². The van der Waals surface area contributed by atoms with E-state index in [0.717, 1.165) is 57.0 Å². The number of Topliss-reactive ketones (excluding diaryl/α,β-unsaturated/α-hetero) is 1. The lowest BCUT2D eigenvalue weighted by Gasteiger charge is -2.21. The summed E-state index contributed by atoms with van der Waals surface area (Å²) in [7, 11) is 2.02. The van der Waals surface area contributed by atoms with Crippen LogP contribution in [0.25, 0.3) is 21.8 Å². The fourth-order valence-electron chi connectivity index (χ4n) is 4.37. The Hall–Kier alpha value is -3.34. The molecule has 5 heteroatoms. The standard InChI is InChI=1S/C27H26N4O/c1-31(20-5-3-2-4-6-20)27-26-22(16-28-25(30-26)14-18-9-10-18)21-12-11-19(15-23(21)29-27)24(32)13-17-7-8-17/h2-6,11-12,15-18H,7-10,13-14H2,1H3. The summed E-state index contributed by atoms with van der Waals surface area (Å²) in [4.78, 5) is 29.5. The molecule has 2 aromatic carbocycles. The van der Waals surface area contributed by atoms with Gasteiger partial charge in [0.1, 0.15) is 11.3 Å². The number of para-hydroxylation sites is 1. The van der Waals surface area contributed by atoms with Crippen LogP contribution in [0.2, 0.25) is 0 Å². The number of benzene rings is 2. The zero-order valence-electron chi connectivity index (χ0n) is 18.3. The number of carbonyl (C=O) groups excluding carboxylic acids is 1. The van der Waals surface area contributed by atoms with Gasteiger partial charge in [0.25, 0.3) is 0 Å². The van der Waals surface area contributed by atoms with Crippen molar-refractivity contribution in [3.63, 3.8) is 0 Å². The van der Waals surface area contributed by atoms with Crippen LogP contribution in [0.4, 0.5) is 11.5 Å². The lowest BCUT2D eigenvalue weighted by molar-refractivity contribution is 0.0976. The number of pyridine rings is 1. The Kier molecular flexibility index (Phi) is 4.63. The van der Waals surface area contributed by atoms with E-state index in [0.29, 0.717) is 12.3 Å². The second-order valence-corrected chi connectivity index (χ2v) is 9.33. The Labute approximate surface area is 187 Å². The lowest BCUT2D eigenvalue weighted by atomic mass is 10.0. The Bertz CT molecular complexity index is 1330. The van der Waals surface area contributed by atoms with Crippen molar-refractivity contribution >= 4 is 39.1 Å². The zero-order valence-corrected chi connectivity index (χ0v) is 18.3. The van der Waals surface area contributed by atoms with E-state index >= 15 is 0 Å². The Morgan fingerprint density at radius 2 is 1.75 bits per heavy atom. The number of hydrogen-bond acceptors (Lipinski definition) is 5. The number of hydrogen-bond donors (Lipinski definition) is 0. The monoisotopic (exact) mass is 422 g/mol. The number of carbonyl (C=O) groups is 1. The largest absolute Gasteiger partial charge is 0.328 e. The third-order valence-corrected chi connectivity index (χ3v) is 6.69. The van der Waals surface area contributed by atoms with Crippen molar-refractivity contribution in [2.75, 3.05) is 11.9 Å². The molecule has 2 fully saturated rings. The molecule has 0 amide bonds. The third kappa shape index (κ3) is 3.72. The van der Waals surface area contributed by atoms with Gasteiger partial charge in [0, 0.05) is 48.1 Å². The minimum absolute atomic E-state index is 0.213. The van der Waals surface area contributed by atoms with Gasteiger partial charge in [-0.25, -0.2) is 15.0 Å². The maximum Gasteiger partial charge on any atom is 0.163 e. The minimum Gasteiger partial charge on any atom is -0.328 e. The molecule has 0 unspecified atom stereocenters. The maximum absolute atomic E-state index is 12.7. The van der Waals surface area contributed by atoms with Gasteiger partial charge in [-0.15, -0.1) is 0 Å². The van der Waals surface area contributed by atoms with E-state index in [9.17, 15) is 4.79 Å². The normalized spacial score (nSPS) is 15.9. The molecule has 2 saturated carbocycles. The van der Waals surface area contributed by atoms with Crippen molar-refractivity contribution in [3.05, 3.63) is 66.1 Å². The van der Waals surface area contributed by atoms with Crippen LogP contribution in [0.15, 0.2) is 54.7 Å². The first kappa shape index (κ1) is 19.4. The van der Waals surface area contributed by atoms with Gasteiger partial charge in [0.15, 0.2) is 11.6 Å². The molecule has 0 saturated heterocycles. The number of anilines is 2. The predicted octanol–water partition coefficient (Wildman–Crippen LogP) is 5.88. The number of ketones is 1. The molecule has 6 rings (SSSR count). The Morgan fingerprint density at radius 3 is 2.50 bits per heavy atom. The zero-order chi connectivity index (χ0) is 21.7. The fourth-order valence-corrected chi connectivity index (χ4v) is 4.37. The highest BCUT2D eigenvalue weighted by Crippen LogP contribution is 2.36. The van der Waals surface area contributed by atoms with E-state index < -0.39 is 0 Å². The van der Waals surface area contributed by atoms with Gasteiger partial charge < -0.3 is 4.90 Å². The van der Waals surface area contributed by atoms with Crippen molar-refractivity contribution in [3.8, 4) is 0 Å². The van der Waals surface area contributed by atoms with Crippen LogP contribution in [0.1, 0.15) is 48.3 Å². The van der Waals surface area contributed by atoms with Crippen LogP contribution in [0.5, 0.6) is 0 Å². The predicted molar refractivity (Wildman–Crippen MR) is 127 cm³/mol.